The van der Waals surface area contributed by atoms with Crippen molar-refractivity contribution in [1.82, 2.24) is 4.90 Å². The van der Waals surface area contributed by atoms with Crippen LogP contribution in [0.3, 0.4) is 0 Å². The Labute approximate surface area is 115 Å². The van der Waals surface area contributed by atoms with Crippen LogP contribution in [0.4, 0.5) is 0 Å². The zero-order valence-electron chi connectivity index (χ0n) is 11.9. The molecule has 19 heavy (non-hydrogen) atoms. The summed E-state index contributed by atoms with van der Waals surface area (Å²) in [5, 5.41) is 0. The Morgan fingerprint density at radius 2 is 2.11 bits per heavy atom. The molecule has 0 amide bonds. The van der Waals surface area contributed by atoms with Crippen molar-refractivity contribution in [2.45, 2.75) is 31.6 Å². The van der Waals surface area contributed by atoms with Crippen LogP contribution in [0, 0.1) is 0 Å². The smallest absolute Gasteiger partial charge is 0.305 e. The number of likely N-dealkylation sites (N-methyl/N-ethyl adjacent to an activating group) is 1. The first-order chi connectivity index (χ1) is 9.19. The molecule has 0 aromatic heterocycles. The molecular formula is C16H23NO2. The predicted octanol–water partition coefficient (Wildman–Crippen LogP) is 2.60. The number of benzene rings is 1. The number of hydrogen-bond donors (Lipinski definition) is 0. The van der Waals surface area contributed by atoms with Crippen LogP contribution in [0.2, 0.25) is 0 Å². The molecule has 0 saturated carbocycles. The highest BCUT2D eigenvalue weighted by Crippen LogP contribution is 2.26. The number of ether oxygens (including phenoxy) is 1. The van der Waals surface area contributed by atoms with E-state index in [1.54, 1.807) is 0 Å². The van der Waals surface area contributed by atoms with E-state index >= 15 is 0 Å². The van der Waals surface area contributed by atoms with Crippen LogP contribution >= 0.6 is 0 Å². The van der Waals surface area contributed by atoms with Crippen LogP contribution in [-0.4, -0.2) is 38.1 Å². The molecule has 1 aromatic rings. The van der Waals surface area contributed by atoms with Gasteiger partial charge in [0, 0.05) is 13.0 Å². The van der Waals surface area contributed by atoms with Crippen molar-refractivity contribution >= 4 is 5.97 Å². The lowest BCUT2D eigenvalue weighted by Crippen LogP contribution is -2.30. The minimum absolute atomic E-state index is 0.141. The van der Waals surface area contributed by atoms with E-state index in [2.05, 4.69) is 40.9 Å². The molecule has 104 valence electrons. The summed E-state index contributed by atoms with van der Waals surface area (Å²) in [6.45, 7) is 2.37. The van der Waals surface area contributed by atoms with Gasteiger partial charge in [-0.3, -0.25) is 4.79 Å². The molecular weight excluding hydrogens is 238 g/mol. The number of carbonyl (C=O) groups is 1. The number of piperidine rings is 1. The molecule has 1 atom stereocenters. The lowest BCUT2D eigenvalue weighted by molar-refractivity contribution is -0.140. The fraction of sp³-hybridized carbons (Fsp3) is 0.562. The van der Waals surface area contributed by atoms with Crippen LogP contribution in [0.5, 0.6) is 0 Å². The zero-order chi connectivity index (χ0) is 13.7. The minimum atomic E-state index is -0.141. The third-order valence-electron chi connectivity index (χ3n) is 3.92. The van der Waals surface area contributed by atoms with E-state index in [1.807, 2.05) is 0 Å². The van der Waals surface area contributed by atoms with Gasteiger partial charge >= 0.3 is 5.97 Å². The van der Waals surface area contributed by atoms with Gasteiger partial charge in [0.25, 0.3) is 0 Å². The Bertz CT molecular complexity index is 413. The summed E-state index contributed by atoms with van der Waals surface area (Å²) in [5.74, 6) is 0.520. The van der Waals surface area contributed by atoms with Crippen LogP contribution in [0.15, 0.2) is 24.3 Å². The maximum absolute atomic E-state index is 11.1. The second-order valence-corrected chi connectivity index (χ2v) is 5.42. The van der Waals surface area contributed by atoms with E-state index < -0.39 is 0 Å². The number of carbonyl (C=O) groups excluding carboxylic acids is 1. The monoisotopic (exact) mass is 261 g/mol. The van der Waals surface area contributed by atoms with E-state index in [1.165, 1.54) is 37.6 Å². The summed E-state index contributed by atoms with van der Waals surface area (Å²) in [6, 6.07) is 8.73. The molecule has 1 unspecified atom stereocenters. The first-order valence-electron chi connectivity index (χ1n) is 7.03. The summed E-state index contributed by atoms with van der Waals surface area (Å²) < 4.78 is 4.66. The summed E-state index contributed by atoms with van der Waals surface area (Å²) in [7, 11) is 3.63. The van der Waals surface area contributed by atoms with Crippen LogP contribution in [-0.2, 0) is 16.0 Å². The number of rotatable bonds is 4. The number of aryl methyl sites for hydroxylation is 1. The summed E-state index contributed by atoms with van der Waals surface area (Å²) in [4.78, 5) is 13.5. The molecule has 1 saturated heterocycles. The molecule has 1 heterocycles. The second-order valence-electron chi connectivity index (χ2n) is 5.42. The highest BCUT2D eigenvalue weighted by Gasteiger charge is 2.18. The fourth-order valence-corrected chi connectivity index (χ4v) is 2.74. The van der Waals surface area contributed by atoms with E-state index in [0.717, 1.165) is 13.0 Å². The van der Waals surface area contributed by atoms with Crippen LogP contribution in [0.25, 0.3) is 0 Å². The number of likely N-dealkylation sites (tertiary alicyclic amines) is 1. The van der Waals surface area contributed by atoms with Crippen molar-refractivity contribution in [3.8, 4) is 0 Å². The lowest BCUT2D eigenvalue weighted by atomic mass is 9.90. The standard InChI is InChI=1S/C16H23NO2/c1-17-11-3-4-15(12-17)14-8-5-13(6-9-14)7-10-16(18)19-2/h5-6,8-9,15H,3-4,7,10-12H2,1-2H3. The van der Waals surface area contributed by atoms with Gasteiger partial charge in [0.05, 0.1) is 7.11 Å². The molecule has 0 bridgehead atoms. The molecule has 1 aliphatic rings. The van der Waals surface area contributed by atoms with E-state index in [4.69, 9.17) is 0 Å². The van der Waals surface area contributed by atoms with Gasteiger partial charge in [-0.25, -0.2) is 0 Å². The Hall–Kier alpha value is -1.35. The van der Waals surface area contributed by atoms with Crippen molar-refractivity contribution in [2.24, 2.45) is 0 Å². The number of esters is 1. The molecule has 0 aliphatic carbocycles. The molecule has 3 nitrogen and oxygen atoms in total. The van der Waals surface area contributed by atoms with E-state index in [0.29, 0.717) is 12.3 Å². The SMILES string of the molecule is COC(=O)CCc1ccc(C2CCCN(C)C2)cc1. The molecule has 1 fully saturated rings. The molecule has 0 spiro atoms. The molecule has 0 radical (unpaired) electrons. The minimum Gasteiger partial charge on any atom is -0.469 e. The Kier molecular flexibility index (Phi) is 4.97. The van der Waals surface area contributed by atoms with Crippen LogP contribution in [0.1, 0.15) is 36.3 Å². The molecule has 1 aliphatic heterocycles. The van der Waals surface area contributed by atoms with Gasteiger partial charge in [0.2, 0.25) is 0 Å². The summed E-state index contributed by atoms with van der Waals surface area (Å²) in [6.07, 6.45) is 3.79. The highest BCUT2D eigenvalue weighted by molar-refractivity contribution is 5.69. The molecule has 0 N–H and O–H groups in total. The first-order valence-corrected chi connectivity index (χ1v) is 7.03. The molecule has 3 heteroatoms. The van der Waals surface area contributed by atoms with Crippen LogP contribution < -0.4 is 0 Å². The van der Waals surface area contributed by atoms with Crippen molar-refractivity contribution in [3.05, 3.63) is 35.4 Å². The number of nitrogens with zero attached hydrogens (tertiary/aromatic N) is 1. The topological polar surface area (TPSA) is 29.5 Å². The Balaban J connectivity index is 1.92. The van der Waals surface area contributed by atoms with E-state index in [-0.39, 0.29) is 5.97 Å². The van der Waals surface area contributed by atoms with Crippen molar-refractivity contribution in [2.75, 3.05) is 27.2 Å². The van der Waals surface area contributed by atoms with Gasteiger partial charge in [-0.2, -0.15) is 0 Å². The lowest BCUT2D eigenvalue weighted by Gasteiger charge is -2.30. The van der Waals surface area contributed by atoms with Gasteiger partial charge in [0.1, 0.15) is 0 Å². The first kappa shape index (κ1) is 14.1. The maximum atomic E-state index is 11.1. The zero-order valence-corrected chi connectivity index (χ0v) is 11.9. The number of hydrogen-bond acceptors (Lipinski definition) is 3. The van der Waals surface area contributed by atoms with E-state index in [9.17, 15) is 4.79 Å². The number of methoxy groups -OCH3 is 1. The Morgan fingerprint density at radius 1 is 1.37 bits per heavy atom. The van der Waals surface area contributed by atoms with Crippen molar-refractivity contribution in [1.29, 1.82) is 0 Å². The predicted molar refractivity (Wildman–Crippen MR) is 76.3 cm³/mol. The van der Waals surface area contributed by atoms with Gasteiger partial charge in [0.15, 0.2) is 0 Å². The normalized spacial score (nSPS) is 20.2. The van der Waals surface area contributed by atoms with Crippen molar-refractivity contribution in [3.63, 3.8) is 0 Å². The summed E-state index contributed by atoms with van der Waals surface area (Å²) >= 11 is 0. The van der Waals surface area contributed by atoms with Crippen molar-refractivity contribution < 1.29 is 9.53 Å². The second kappa shape index (κ2) is 6.71. The molecule has 1 aromatic carbocycles. The van der Waals surface area contributed by atoms with Gasteiger partial charge in [-0.1, -0.05) is 24.3 Å². The summed E-state index contributed by atoms with van der Waals surface area (Å²) in [5.41, 5.74) is 2.63. The average Bonchev–Trinajstić information content (AvgIpc) is 2.45. The van der Waals surface area contributed by atoms with Gasteiger partial charge in [-0.05, 0) is 49.9 Å². The largest absolute Gasteiger partial charge is 0.469 e. The highest BCUT2D eigenvalue weighted by atomic mass is 16.5. The fourth-order valence-electron chi connectivity index (χ4n) is 2.74. The third kappa shape index (κ3) is 4.06. The third-order valence-corrected chi connectivity index (χ3v) is 3.92. The Morgan fingerprint density at radius 3 is 2.74 bits per heavy atom. The quantitative estimate of drug-likeness (QED) is 0.780. The van der Waals surface area contributed by atoms with Gasteiger partial charge in [-0.15, -0.1) is 0 Å². The maximum Gasteiger partial charge on any atom is 0.305 e. The average molecular weight is 261 g/mol. The molecule has 2 rings (SSSR count). The van der Waals surface area contributed by atoms with Gasteiger partial charge < -0.3 is 9.64 Å².